The Kier molecular flexibility index (Phi) is 5.17. The number of hydrogen-bond donors (Lipinski definition) is 2. The lowest BCUT2D eigenvalue weighted by Gasteiger charge is -2.34. The predicted octanol–water partition coefficient (Wildman–Crippen LogP) is 3.06. The summed E-state index contributed by atoms with van der Waals surface area (Å²) in [6.07, 6.45) is 2.27. The molecule has 1 fully saturated rings. The smallest absolute Gasteiger partial charge is 0.338 e. The van der Waals surface area contributed by atoms with Crippen LogP contribution in [0.15, 0.2) is 18.2 Å². The monoisotopic (exact) mass is 294 g/mol. The van der Waals surface area contributed by atoms with E-state index in [1.54, 1.807) is 6.07 Å². The summed E-state index contributed by atoms with van der Waals surface area (Å²) >= 11 is 0. The molecule has 0 aliphatic carbocycles. The van der Waals surface area contributed by atoms with Crippen molar-refractivity contribution in [1.82, 2.24) is 4.90 Å². The van der Waals surface area contributed by atoms with E-state index in [9.17, 15) is 9.18 Å². The molecule has 2 rings (SSSR count). The number of carboxylic acid groups (broad SMARTS) is 1. The molecule has 1 saturated heterocycles. The zero-order chi connectivity index (χ0) is 15.4. The molecule has 1 aromatic carbocycles. The quantitative estimate of drug-likeness (QED) is 0.876. The molecule has 21 heavy (non-hydrogen) atoms. The number of anilines is 1. The van der Waals surface area contributed by atoms with Crippen molar-refractivity contribution in [3.8, 4) is 0 Å². The van der Waals surface area contributed by atoms with E-state index in [1.165, 1.54) is 12.1 Å². The molecule has 1 unspecified atom stereocenters. The van der Waals surface area contributed by atoms with Crippen LogP contribution in [0.2, 0.25) is 0 Å². The van der Waals surface area contributed by atoms with E-state index in [0.717, 1.165) is 32.5 Å². The molecule has 1 atom stereocenters. The molecule has 116 valence electrons. The third-order valence-corrected chi connectivity index (χ3v) is 4.38. The maximum absolute atomic E-state index is 13.4. The van der Waals surface area contributed by atoms with Crippen LogP contribution in [0.4, 0.5) is 10.1 Å². The van der Waals surface area contributed by atoms with Crippen LogP contribution >= 0.6 is 0 Å². The Labute approximate surface area is 125 Å². The first kappa shape index (κ1) is 15.8. The number of hydrogen-bond acceptors (Lipinski definition) is 3. The van der Waals surface area contributed by atoms with E-state index in [-0.39, 0.29) is 11.6 Å². The lowest BCUT2D eigenvalue weighted by atomic mass is 9.90. The Morgan fingerprint density at radius 3 is 2.71 bits per heavy atom. The van der Waals surface area contributed by atoms with Gasteiger partial charge in [0.2, 0.25) is 0 Å². The van der Waals surface area contributed by atoms with Gasteiger partial charge in [0.15, 0.2) is 0 Å². The number of carboxylic acids is 1. The van der Waals surface area contributed by atoms with Crippen molar-refractivity contribution < 1.29 is 14.3 Å². The molecule has 4 nitrogen and oxygen atoms in total. The molecule has 0 radical (unpaired) electrons. The maximum atomic E-state index is 13.4. The van der Waals surface area contributed by atoms with Gasteiger partial charge in [0.25, 0.3) is 0 Å². The van der Waals surface area contributed by atoms with Crippen LogP contribution < -0.4 is 5.32 Å². The first-order valence-corrected chi connectivity index (χ1v) is 7.53. The second kappa shape index (κ2) is 6.89. The first-order chi connectivity index (χ1) is 10.0. The molecule has 0 bridgehead atoms. The van der Waals surface area contributed by atoms with Gasteiger partial charge in [0, 0.05) is 11.7 Å². The van der Waals surface area contributed by atoms with E-state index in [1.807, 2.05) is 0 Å². The number of aromatic carboxylic acids is 1. The van der Waals surface area contributed by atoms with Crippen molar-refractivity contribution in [2.45, 2.75) is 32.7 Å². The zero-order valence-electron chi connectivity index (χ0n) is 12.6. The molecule has 1 aromatic rings. The Morgan fingerprint density at radius 1 is 1.48 bits per heavy atom. The number of piperidine rings is 1. The fraction of sp³-hybridized carbons (Fsp3) is 0.562. The van der Waals surface area contributed by atoms with Crippen LogP contribution in [-0.2, 0) is 0 Å². The molecule has 1 heterocycles. The Morgan fingerprint density at radius 2 is 2.14 bits per heavy atom. The highest BCUT2D eigenvalue weighted by Gasteiger charge is 2.23. The molecule has 0 aromatic heterocycles. The summed E-state index contributed by atoms with van der Waals surface area (Å²) in [6.45, 7) is 7.59. The van der Waals surface area contributed by atoms with E-state index in [4.69, 9.17) is 5.11 Å². The first-order valence-electron chi connectivity index (χ1n) is 7.53. The van der Waals surface area contributed by atoms with Crippen LogP contribution in [0, 0.1) is 11.7 Å². The summed E-state index contributed by atoms with van der Waals surface area (Å²) in [5.41, 5.74) is 0.382. The Hall–Kier alpha value is -1.62. The van der Waals surface area contributed by atoms with Crippen molar-refractivity contribution in [3.05, 3.63) is 29.6 Å². The normalized spacial score (nSPS) is 18.4. The van der Waals surface area contributed by atoms with Crippen LogP contribution in [0.5, 0.6) is 0 Å². The van der Waals surface area contributed by atoms with Crippen LogP contribution in [-0.4, -0.2) is 41.7 Å². The van der Waals surface area contributed by atoms with Gasteiger partial charge < -0.3 is 15.3 Å². The number of carbonyl (C=O) groups is 1. The van der Waals surface area contributed by atoms with Crippen molar-refractivity contribution in [2.75, 3.05) is 25.0 Å². The van der Waals surface area contributed by atoms with Crippen molar-refractivity contribution in [2.24, 2.45) is 5.92 Å². The molecular formula is C16H23FN2O2. The summed E-state index contributed by atoms with van der Waals surface area (Å²) in [7, 11) is 0. The lowest BCUT2D eigenvalue weighted by molar-refractivity contribution is 0.0692. The fourth-order valence-corrected chi connectivity index (χ4v) is 2.93. The summed E-state index contributed by atoms with van der Waals surface area (Å²) in [4.78, 5) is 13.4. The molecule has 2 N–H and O–H groups in total. The average Bonchev–Trinajstić information content (AvgIpc) is 2.49. The van der Waals surface area contributed by atoms with Crippen molar-refractivity contribution in [1.29, 1.82) is 0 Å². The minimum absolute atomic E-state index is 0.246. The van der Waals surface area contributed by atoms with Crippen LogP contribution in [0.25, 0.3) is 0 Å². The molecule has 0 spiro atoms. The topological polar surface area (TPSA) is 52.6 Å². The second-order valence-corrected chi connectivity index (χ2v) is 5.70. The second-order valence-electron chi connectivity index (χ2n) is 5.70. The van der Waals surface area contributed by atoms with E-state index < -0.39 is 11.8 Å². The van der Waals surface area contributed by atoms with Gasteiger partial charge in [0.05, 0.1) is 5.56 Å². The fourth-order valence-electron chi connectivity index (χ4n) is 2.93. The summed E-state index contributed by atoms with van der Waals surface area (Å²) in [5.74, 6) is -1.37. The maximum Gasteiger partial charge on any atom is 0.338 e. The molecule has 5 heteroatoms. The summed E-state index contributed by atoms with van der Waals surface area (Å²) in [6, 6.07) is 4.42. The highest BCUT2D eigenvalue weighted by molar-refractivity contribution is 5.89. The molecule has 0 saturated carbocycles. The Bertz CT molecular complexity index is 499. The number of rotatable bonds is 5. The number of benzene rings is 1. The van der Waals surface area contributed by atoms with Gasteiger partial charge in [-0.15, -0.1) is 0 Å². The summed E-state index contributed by atoms with van der Waals surface area (Å²) in [5, 5.41) is 12.3. The van der Waals surface area contributed by atoms with Gasteiger partial charge in [0.1, 0.15) is 5.82 Å². The molecule has 0 amide bonds. The number of likely N-dealkylation sites (tertiary alicyclic amines) is 1. The number of halogens is 1. The van der Waals surface area contributed by atoms with Crippen LogP contribution in [0.1, 0.15) is 37.0 Å². The highest BCUT2D eigenvalue weighted by Crippen LogP contribution is 2.24. The predicted molar refractivity (Wildman–Crippen MR) is 81.3 cm³/mol. The minimum Gasteiger partial charge on any atom is -0.478 e. The SMILES string of the molecule is CCN1CCC(C(C)Nc2ccc(F)c(C(=O)O)c2)CC1. The van der Waals surface area contributed by atoms with Crippen LogP contribution in [0.3, 0.4) is 0 Å². The molecule has 1 aliphatic rings. The van der Waals surface area contributed by atoms with Gasteiger partial charge in [-0.25, -0.2) is 9.18 Å². The lowest BCUT2D eigenvalue weighted by Crippen LogP contribution is -2.39. The van der Waals surface area contributed by atoms with E-state index in [0.29, 0.717) is 11.6 Å². The Balaban J connectivity index is 1.98. The number of nitrogens with one attached hydrogen (secondary N) is 1. The van der Waals surface area contributed by atoms with Crippen molar-refractivity contribution >= 4 is 11.7 Å². The van der Waals surface area contributed by atoms with E-state index >= 15 is 0 Å². The molecule has 1 aliphatic heterocycles. The zero-order valence-corrected chi connectivity index (χ0v) is 12.6. The minimum atomic E-state index is -1.24. The standard InChI is InChI=1S/C16H23FN2O2/c1-3-19-8-6-12(7-9-19)11(2)18-13-4-5-15(17)14(10-13)16(20)21/h4-5,10-12,18H,3,6-9H2,1-2H3,(H,20,21). The summed E-state index contributed by atoms with van der Waals surface area (Å²) < 4.78 is 13.4. The van der Waals surface area contributed by atoms with Gasteiger partial charge in [-0.05, 0) is 63.5 Å². The van der Waals surface area contributed by atoms with Gasteiger partial charge in [-0.1, -0.05) is 6.92 Å². The third-order valence-electron chi connectivity index (χ3n) is 4.38. The van der Waals surface area contributed by atoms with Gasteiger partial charge >= 0.3 is 5.97 Å². The molecular weight excluding hydrogens is 271 g/mol. The van der Waals surface area contributed by atoms with E-state index in [2.05, 4.69) is 24.1 Å². The largest absolute Gasteiger partial charge is 0.478 e. The van der Waals surface area contributed by atoms with Gasteiger partial charge in [-0.2, -0.15) is 0 Å². The average molecular weight is 294 g/mol. The third kappa shape index (κ3) is 3.94. The number of nitrogens with zero attached hydrogens (tertiary/aromatic N) is 1. The van der Waals surface area contributed by atoms with Crippen molar-refractivity contribution in [3.63, 3.8) is 0 Å². The highest BCUT2D eigenvalue weighted by atomic mass is 19.1. The van der Waals surface area contributed by atoms with Gasteiger partial charge in [-0.3, -0.25) is 0 Å².